The number of aromatic nitrogens is 1. The van der Waals surface area contributed by atoms with Crippen LogP contribution >= 0.6 is 0 Å². The molecule has 6 heteroatoms. The minimum absolute atomic E-state index is 0.0000344. The zero-order chi connectivity index (χ0) is 23.6. The summed E-state index contributed by atoms with van der Waals surface area (Å²) in [7, 11) is 0. The number of amides is 2. The van der Waals surface area contributed by atoms with Gasteiger partial charge in [-0.3, -0.25) is 14.6 Å². The standard InChI is InChI=1S/C27H29N3O3/c1-4-6-20-13-18(2)24(19(3)14-20)25-22(31)15-27(16-23(25)32)8-11-30(12-9-27)26(33)29-21-7-5-10-28-17-21/h5,7,10,13-14,17,25H,8-9,11-12,15-16H2,1-3H3,(H,29,33). The van der Waals surface area contributed by atoms with Gasteiger partial charge in [0.05, 0.1) is 11.9 Å². The highest BCUT2D eigenvalue weighted by atomic mass is 16.2. The van der Waals surface area contributed by atoms with E-state index in [0.717, 1.165) is 22.3 Å². The first-order chi connectivity index (χ1) is 15.8. The topological polar surface area (TPSA) is 79.4 Å². The van der Waals surface area contributed by atoms with E-state index in [9.17, 15) is 14.4 Å². The smallest absolute Gasteiger partial charge is 0.321 e. The Balaban J connectivity index is 1.45. The van der Waals surface area contributed by atoms with Crippen LogP contribution in [0.25, 0.3) is 0 Å². The number of nitrogens with zero attached hydrogens (tertiary/aromatic N) is 2. The average molecular weight is 444 g/mol. The molecule has 2 amide bonds. The van der Waals surface area contributed by atoms with Crippen LogP contribution in [0.4, 0.5) is 10.5 Å². The number of anilines is 1. The van der Waals surface area contributed by atoms with Gasteiger partial charge in [-0.2, -0.15) is 0 Å². The molecule has 0 unspecified atom stereocenters. The quantitative estimate of drug-likeness (QED) is 0.551. The fourth-order valence-electron chi connectivity index (χ4n) is 5.33. The van der Waals surface area contributed by atoms with Crippen molar-refractivity contribution in [3.63, 3.8) is 0 Å². The van der Waals surface area contributed by atoms with Gasteiger partial charge in [-0.05, 0) is 80.0 Å². The van der Waals surface area contributed by atoms with Crippen molar-refractivity contribution in [2.24, 2.45) is 5.41 Å². The molecule has 1 aromatic carbocycles. The normalized spacial score (nSPS) is 18.1. The van der Waals surface area contributed by atoms with Crippen LogP contribution in [0.15, 0.2) is 36.7 Å². The largest absolute Gasteiger partial charge is 0.324 e. The van der Waals surface area contributed by atoms with Crippen LogP contribution in [0.3, 0.4) is 0 Å². The summed E-state index contributed by atoms with van der Waals surface area (Å²) in [6, 6.07) is 7.31. The van der Waals surface area contributed by atoms with Crippen molar-refractivity contribution in [3.8, 4) is 11.8 Å². The van der Waals surface area contributed by atoms with Gasteiger partial charge in [0.25, 0.3) is 0 Å². The van der Waals surface area contributed by atoms with Gasteiger partial charge in [-0.25, -0.2) is 4.79 Å². The van der Waals surface area contributed by atoms with Gasteiger partial charge < -0.3 is 10.2 Å². The van der Waals surface area contributed by atoms with Crippen molar-refractivity contribution >= 4 is 23.3 Å². The molecule has 1 aliphatic heterocycles. The number of urea groups is 1. The Morgan fingerprint density at radius 1 is 1.12 bits per heavy atom. The van der Waals surface area contributed by atoms with Gasteiger partial charge in [-0.1, -0.05) is 5.92 Å². The Hall–Kier alpha value is -3.46. The van der Waals surface area contributed by atoms with E-state index in [1.165, 1.54) is 0 Å². The molecule has 2 fully saturated rings. The fraction of sp³-hybridized carbons (Fsp3) is 0.407. The number of carbonyl (C=O) groups is 3. The van der Waals surface area contributed by atoms with Crippen LogP contribution in [0.2, 0.25) is 0 Å². The van der Waals surface area contributed by atoms with E-state index in [1.54, 1.807) is 36.4 Å². The first-order valence-corrected chi connectivity index (χ1v) is 11.4. The molecule has 2 aliphatic rings. The summed E-state index contributed by atoms with van der Waals surface area (Å²) in [6.45, 7) is 6.75. The first kappa shape index (κ1) is 22.7. The SMILES string of the molecule is CC#Cc1cc(C)c(C2C(=O)CC3(CCN(C(=O)Nc4cccnc4)CC3)CC2=O)c(C)c1. The van der Waals surface area contributed by atoms with E-state index in [1.807, 2.05) is 26.0 Å². The number of aryl methyl sites for hydroxylation is 2. The molecule has 4 rings (SSSR count). The molecule has 1 aromatic heterocycles. The van der Waals surface area contributed by atoms with Gasteiger partial charge >= 0.3 is 6.03 Å². The molecule has 1 saturated heterocycles. The number of likely N-dealkylation sites (tertiary alicyclic amines) is 1. The number of hydrogen-bond donors (Lipinski definition) is 1. The van der Waals surface area contributed by atoms with Crippen molar-refractivity contribution in [2.45, 2.75) is 52.4 Å². The molecule has 0 atom stereocenters. The Morgan fingerprint density at radius 3 is 2.30 bits per heavy atom. The van der Waals surface area contributed by atoms with Crippen molar-refractivity contribution in [3.05, 3.63) is 58.9 Å². The van der Waals surface area contributed by atoms with Gasteiger partial charge in [-0.15, -0.1) is 5.92 Å². The highest BCUT2D eigenvalue weighted by Gasteiger charge is 2.47. The summed E-state index contributed by atoms with van der Waals surface area (Å²) in [5.74, 6) is 5.27. The lowest BCUT2D eigenvalue weighted by Crippen LogP contribution is -2.49. The van der Waals surface area contributed by atoms with Crippen LogP contribution < -0.4 is 5.32 Å². The lowest BCUT2D eigenvalue weighted by atomic mass is 9.62. The van der Waals surface area contributed by atoms with Crippen molar-refractivity contribution in [2.75, 3.05) is 18.4 Å². The van der Waals surface area contributed by atoms with Gasteiger partial charge in [0.15, 0.2) is 0 Å². The zero-order valence-corrected chi connectivity index (χ0v) is 19.4. The van der Waals surface area contributed by atoms with Crippen LogP contribution in [0, 0.1) is 31.1 Å². The van der Waals surface area contributed by atoms with Crippen molar-refractivity contribution < 1.29 is 14.4 Å². The molecular formula is C27H29N3O3. The third-order valence-corrected chi connectivity index (χ3v) is 6.92. The number of carbonyl (C=O) groups excluding carboxylic acids is 3. The molecule has 2 aromatic rings. The molecule has 0 radical (unpaired) electrons. The van der Waals surface area contributed by atoms with Crippen LogP contribution in [-0.4, -0.2) is 40.6 Å². The highest BCUT2D eigenvalue weighted by Crippen LogP contribution is 2.46. The minimum atomic E-state index is -0.689. The number of benzene rings is 1. The minimum Gasteiger partial charge on any atom is -0.324 e. The van der Waals surface area contributed by atoms with Crippen LogP contribution in [-0.2, 0) is 9.59 Å². The Kier molecular flexibility index (Phi) is 6.33. The Morgan fingerprint density at radius 2 is 1.76 bits per heavy atom. The van der Waals surface area contributed by atoms with E-state index >= 15 is 0 Å². The fourth-order valence-corrected chi connectivity index (χ4v) is 5.33. The second-order valence-corrected chi connectivity index (χ2v) is 9.28. The number of Topliss-reactive ketones (excluding diaryl/α,β-unsaturated/α-hetero) is 2. The maximum absolute atomic E-state index is 13.3. The molecule has 1 saturated carbocycles. The zero-order valence-electron chi connectivity index (χ0n) is 19.4. The number of ketones is 2. The van der Waals surface area contributed by atoms with Gasteiger partial charge in [0.1, 0.15) is 17.5 Å². The first-order valence-electron chi connectivity index (χ1n) is 11.4. The molecule has 2 heterocycles. The summed E-state index contributed by atoms with van der Waals surface area (Å²) in [4.78, 5) is 45.0. The second-order valence-electron chi connectivity index (χ2n) is 9.28. The molecular weight excluding hydrogens is 414 g/mol. The lowest BCUT2D eigenvalue weighted by molar-refractivity contribution is -0.138. The van der Waals surface area contributed by atoms with E-state index in [0.29, 0.717) is 44.5 Å². The maximum atomic E-state index is 13.3. The summed E-state index contributed by atoms with van der Waals surface area (Å²) in [5.41, 5.74) is 3.94. The second kappa shape index (κ2) is 9.19. The van der Waals surface area contributed by atoms with E-state index in [2.05, 4.69) is 22.1 Å². The summed E-state index contributed by atoms with van der Waals surface area (Å²) in [6.07, 6.45) is 5.34. The number of nitrogens with one attached hydrogen (secondary N) is 1. The number of piperidine rings is 1. The van der Waals surface area contributed by atoms with Crippen molar-refractivity contribution in [1.82, 2.24) is 9.88 Å². The molecule has 0 bridgehead atoms. The summed E-state index contributed by atoms with van der Waals surface area (Å²) in [5, 5.41) is 2.86. The van der Waals surface area contributed by atoms with Gasteiger partial charge in [0, 0.05) is 37.7 Å². The molecule has 1 spiro atoms. The van der Waals surface area contributed by atoms with Gasteiger partial charge in [0.2, 0.25) is 0 Å². The predicted octanol–water partition coefficient (Wildman–Crippen LogP) is 4.40. The molecule has 33 heavy (non-hydrogen) atoms. The molecule has 6 nitrogen and oxygen atoms in total. The van der Waals surface area contributed by atoms with E-state index < -0.39 is 5.92 Å². The monoisotopic (exact) mass is 443 g/mol. The number of pyridine rings is 1. The van der Waals surface area contributed by atoms with E-state index in [4.69, 9.17) is 0 Å². The predicted molar refractivity (Wildman–Crippen MR) is 127 cm³/mol. The van der Waals surface area contributed by atoms with Crippen LogP contribution in [0.5, 0.6) is 0 Å². The third kappa shape index (κ3) is 4.68. The average Bonchev–Trinajstić information content (AvgIpc) is 2.76. The highest BCUT2D eigenvalue weighted by molar-refractivity contribution is 6.10. The van der Waals surface area contributed by atoms with Crippen molar-refractivity contribution in [1.29, 1.82) is 0 Å². The molecule has 1 aliphatic carbocycles. The summed E-state index contributed by atoms with van der Waals surface area (Å²) >= 11 is 0. The molecule has 170 valence electrons. The Bertz CT molecular complexity index is 1110. The number of rotatable bonds is 2. The summed E-state index contributed by atoms with van der Waals surface area (Å²) < 4.78 is 0. The Labute approximate surface area is 194 Å². The third-order valence-electron chi connectivity index (χ3n) is 6.92. The van der Waals surface area contributed by atoms with E-state index in [-0.39, 0.29) is 23.0 Å². The van der Waals surface area contributed by atoms with Crippen LogP contribution in [0.1, 0.15) is 60.8 Å². The number of hydrogen-bond acceptors (Lipinski definition) is 4. The lowest BCUT2D eigenvalue weighted by Gasteiger charge is -2.44. The molecule has 1 N–H and O–H groups in total. The maximum Gasteiger partial charge on any atom is 0.321 e.